The quantitative estimate of drug-likeness (QED) is 0.366. The number of ether oxygens (including phenoxy) is 2. The van der Waals surface area contributed by atoms with Gasteiger partial charge in [0.25, 0.3) is 11.1 Å². The Bertz CT molecular complexity index is 1680. The fraction of sp³-hybridized carbons (Fsp3) is 0.154. The SMILES string of the molecule is COc1ccc(Cn2nc(Cn3cnc(C)c(Oc4cc(Cl)cc(C#N)c4)c3=O)cc(C#N)c2=O)cc1. The molecule has 0 atom stereocenters. The van der Waals surface area contributed by atoms with Crippen LogP contribution in [0.3, 0.4) is 0 Å². The minimum Gasteiger partial charge on any atom is -0.497 e. The summed E-state index contributed by atoms with van der Waals surface area (Å²) >= 11 is 6.04. The lowest BCUT2D eigenvalue weighted by molar-refractivity contribution is 0.414. The van der Waals surface area contributed by atoms with E-state index in [4.69, 9.17) is 26.3 Å². The highest BCUT2D eigenvalue weighted by atomic mass is 35.5. The molecule has 4 rings (SSSR count). The fourth-order valence-corrected chi connectivity index (χ4v) is 3.75. The Hall–Kier alpha value is -4.93. The zero-order chi connectivity index (χ0) is 26.5. The first-order valence-electron chi connectivity index (χ1n) is 10.9. The molecule has 0 aliphatic carbocycles. The first-order chi connectivity index (χ1) is 17.8. The van der Waals surface area contributed by atoms with Crippen molar-refractivity contribution < 1.29 is 9.47 Å². The summed E-state index contributed by atoms with van der Waals surface area (Å²) in [5.74, 6) is 0.823. The van der Waals surface area contributed by atoms with E-state index in [0.29, 0.717) is 17.1 Å². The fourth-order valence-electron chi connectivity index (χ4n) is 3.53. The molecule has 0 spiro atoms. The number of hydrogen-bond acceptors (Lipinski definition) is 8. The van der Waals surface area contributed by atoms with Crippen molar-refractivity contribution in [1.82, 2.24) is 19.3 Å². The van der Waals surface area contributed by atoms with E-state index in [1.807, 2.05) is 12.1 Å². The third-order valence-electron chi connectivity index (χ3n) is 5.36. The van der Waals surface area contributed by atoms with Crippen LogP contribution in [0.15, 0.2) is 64.4 Å². The molecule has 10 nitrogen and oxygen atoms in total. The second kappa shape index (κ2) is 10.8. The van der Waals surface area contributed by atoms with Gasteiger partial charge in [0.05, 0.1) is 49.5 Å². The number of aryl methyl sites for hydroxylation is 1. The summed E-state index contributed by atoms with van der Waals surface area (Å²) in [6, 6.07) is 16.7. The van der Waals surface area contributed by atoms with Crippen LogP contribution in [0.2, 0.25) is 5.02 Å². The van der Waals surface area contributed by atoms with E-state index in [-0.39, 0.29) is 40.7 Å². The van der Waals surface area contributed by atoms with Gasteiger partial charge < -0.3 is 9.47 Å². The maximum atomic E-state index is 13.2. The maximum Gasteiger partial charge on any atom is 0.296 e. The number of halogens is 1. The predicted octanol–water partition coefficient (Wildman–Crippen LogP) is 3.40. The summed E-state index contributed by atoms with van der Waals surface area (Å²) in [6.07, 6.45) is 1.33. The number of methoxy groups -OCH3 is 1. The third-order valence-corrected chi connectivity index (χ3v) is 5.58. The minimum absolute atomic E-state index is 0.0549. The lowest BCUT2D eigenvalue weighted by Gasteiger charge is -2.13. The zero-order valence-corrected chi connectivity index (χ0v) is 20.6. The summed E-state index contributed by atoms with van der Waals surface area (Å²) in [7, 11) is 1.56. The topological polar surface area (TPSA) is 136 Å². The van der Waals surface area contributed by atoms with Crippen LogP contribution < -0.4 is 20.6 Å². The van der Waals surface area contributed by atoms with Crippen molar-refractivity contribution in [3.05, 3.63) is 109 Å². The van der Waals surface area contributed by atoms with E-state index in [1.165, 1.54) is 39.8 Å². The van der Waals surface area contributed by atoms with E-state index in [2.05, 4.69) is 10.1 Å². The second-order valence-corrected chi connectivity index (χ2v) is 8.39. The molecule has 0 aliphatic rings. The van der Waals surface area contributed by atoms with Gasteiger partial charge in [0.2, 0.25) is 5.75 Å². The van der Waals surface area contributed by atoms with Crippen LogP contribution in [0.5, 0.6) is 17.2 Å². The summed E-state index contributed by atoms with van der Waals surface area (Å²) < 4.78 is 13.3. The molecule has 2 aromatic heterocycles. The highest BCUT2D eigenvalue weighted by Crippen LogP contribution is 2.25. The Morgan fingerprint density at radius 1 is 0.973 bits per heavy atom. The van der Waals surface area contributed by atoms with Crippen LogP contribution >= 0.6 is 11.6 Å². The molecule has 184 valence electrons. The average molecular weight is 515 g/mol. The number of aromatic nitrogens is 4. The van der Waals surface area contributed by atoms with Crippen molar-refractivity contribution >= 4 is 11.6 Å². The van der Waals surface area contributed by atoms with Gasteiger partial charge in [-0.2, -0.15) is 15.6 Å². The molecular formula is C26H19ClN6O4. The standard InChI is InChI=1S/C26H19ClN6O4/c1-16-24(37-23-8-18(11-28)7-20(27)10-23)26(35)32(15-30-16)14-21-9-19(12-29)25(34)33(31-21)13-17-3-5-22(36-2)6-4-17/h3-10,15H,13-14H2,1-2H3. The highest BCUT2D eigenvalue weighted by molar-refractivity contribution is 6.30. The lowest BCUT2D eigenvalue weighted by atomic mass is 10.2. The van der Waals surface area contributed by atoms with Crippen LogP contribution in [-0.2, 0) is 13.1 Å². The molecule has 11 heteroatoms. The lowest BCUT2D eigenvalue weighted by Crippen LogP contribution is -2.29. The Morgan fingerprint density at radius 3 is 2.41 bits per heavy atom. The van der Waals surface area contributed by atoms with Crippen molar-refractivity contribution in [3.8, 4) is 29.4 Å². The van der Waals surface area contributed by atoms with Gasteiger partial charge in [0.1, 0.15) is 23.1 Å². The van der Waals surface area contributed by atoms with E-state index in [1.54, 1.807) is 38.3 Å². The van der Waals surface area contributed by atoms with Crippen molar-refractivity contribution in [2.24, 2.45) is 0 Å². The van der Waals surface area contributed by atoms with Crippen LogP contribution in [-0.4, -0.2) is 26.4 Å². The van der Waals surface area contributed by atoms with Gasteiger partial charge in [-0.25, -0.2) is 9.67 Å². The molecule has 2 heterocycles. The Labute approximate surface area is 216 Å². The van der Waals surface area contributed by atoms with Gasteiger partial charge in [0, 0.05) is 5.02 Å². The number of rotatable bonds is 7. The third kappa shape index (κ3) is 5.67. The first-order valence-corrected chi connectivity index (χ1v) is 11.3. The summed E-state index contributed by atoms with van der Waals surface area (Å²) in [5, 5.41) is 23.3. The van der Waals surface area contributed by atoms with Gasteiger partial charge >= 0.3 is 0 Å². The smallest absolute Gasteiger partial charge is 0.296 e. The second-order valence-electron chi connectivity index (χ2n) is 7.95. The molecule has 0 N–H and O–H groups in total. The molecule has 0 amide bonds. The number of nitriles is 2. The van der Waals surface area contributed by atoms with Crippen LogP contribution in [0.4, 0.5) is 0 Å². The molecule has 0 radical (unpaired) electrons. The summed E-state index contributed by atoms with van der Waals surface area (Å²) in [5.41, 5.74) is 0.518. The molecule has 4 aromatic rings. The maximum absolute atomic E-state index is 13.2. The highest BCUT2D eigenvalue weighted by Gasteiger charge is 2.15. The number of benzene rings is 2. The molecule has 0 saturated heterocycles. The summed E-state index contributed by atoms with van der Waals surface area (Å²) in [6.45, 7) is 1.66. The van der Waals surface area contributed by atoms with Crippen molar-refractivity contribution in [2.75, 3.05) is 7.11 Å². The monoisotopic (exact) mass is 514 g/mol. The van der Waals surface area contributed by atoms with Crippen LogP contribution in [0.25, 0.3) is 0 Å². The first kappa shape index (κ1) is 25.2. The Morgan fingerprint density at radius 2 is 1.73 bits per heavy atom. The average Bonchev–Trinajstić information content (AvgIpc) is 2.90. The molecule has 0 unspecified atom stereocenters. The normalized spacial score (nSPS) is 10.4. The van der Waals surface area contributed by atoms with Gasteiger partial charge in [0.15, 0.2) is 0 Å². The molecular weight excluding hydrogens is 496 g/mol. The molecule has 37 heavy (non-hydrogen) atoms. The molecule has 0 bridgehead atoms. The molecule has 0 fully saturated rings. The zero-order valence-electron chi connectivity index (χ0n) is 19.8. The van der Waals surface area contributed by atoms with E-state index in [0.717, 1.165) is 5.56 Å². The van der Waals surface area contributed by atoms with Gasteiger partial charge in [-0.3, -0.25) is 14.2 Å². The number of nitrogens with zero attached hydrogens (tertiary/aromatic N) is 6. The Kier molecular flexibility index (Phi) is 7.33. The van der Waals surface area contributed by atoms with E-state index >= 15 is 0 Å². The Balaban J connectivity index is 1.67. The minimum atomic E-state index is -0.547. The van der Waals surface area contributed by atoms with Crippen molar-refractivity contribution in [2.45, 2.75) is 20.0 Å². The van der Waals surface area contributed by atoms with Gasteiger partial charge in [-0.05, 0) is 48.9 Å². The van der Waals surface area contributed by atoms with E-state index in [9.17, 15) is 14.9 Å². The molecule has 0 aliphatic heterocycles. The van der Waals surface area contributed by atoms with E-state index < -0.39 is 11.1 Å². The number of hydrogen-bond donors (Lipinski definition) is 0. The molecule has 0 saturated carbocycles. The van der Waals surface area contributed by atoms with Crippen molar-refractivity contribution in [3.63, 3.8) is 0 Å². The van der Waals surface area contributed by atoms with Crippen molar-refractivity contribution in [1.29, 1.82) is 10.5 Å². The van der Waals surface area contributed by atoms with Crippen LogP contribution in [0, 0.1) is 29.6 Å². The largest absolute Gasteiger partial charge is 0.497 e. The predicted molar refractivity (Wildman–Crippen MR) is 134 cm³/mol. The van der Waals surface area contributed by atoms with Crippen LogP contribution in [0.1, 0.15) is 28.1 Å². The van der Waals surface area contributed by atoms with Gasteiger partial charge in [-0.15, -0.1) is 0 Å². The van der Waals surface area contributed by atoms with Gasteiger partial charge in [-0.1, -0.05) is 23.7 Å². The summed E-state index contributed by atoms with van der Waals surface area (Å²) in [4.78, 5) is 30.2. The molecule has 2 aromatic carbocycles.